The van der Waals surface area contributed by atoms with Gasteiger partial charge in [-0.2, -0.15) is 0 Å². The molecule has 1 atom stereocenters. The van der Waals surface area contributed by atoms with Crippen LogP contribution >= 0.6 is 0 Å². The first-order valence-electron chi connectivity index (χ1n) is 12.4. The normalized spacial score (nSPS) is 14.5. The van der Waals surface area contributed by atoms with Crippen LogP contribution < -0.4 is 5.32 Å². The summed E-state index contributed by atoms with van der Waals surface area (Å²) in [5, 5.41) is 4.18. The predicted molar refractivity (Wildman–Crippen MR) is 144 cm³/mol. The first-order valence-corrected chi connectivity index (χ1v) is 14.4. The van der Waals surface area contributed by atoms with E-state index >= 15 is 0 Å². The molecule has 0 spiro atoms. The van der Waals surface area contributed by atoms with Crippen LogP contribution in [0.5, 0.6) is 0 Å². The van der Waals surface area contributed by atoms with Crippen LogP contribution in [0.4, 0.5) is 0 Å². The molecule has 36 heavy (non-hydrogen) atoms. The lowest BCUT2D eigenvalue weighted by Gasteiger charge is -2.21. The van der Waals surface area contributed by atoms with E-state index in [1.54, 1.807) is 0 Å². The Morgan fingerprint density at radius 2 is 1.56 bits per heavy atom. The van der Waals surface area contributed by atoms with Crippen LogP contribution in [-0.2, 0) is 27.5 Å². The number of aromatic nitrogens is 1. The van der Waals surface area contributed by atoms with Crippen molar-refractivity contribution in [2.75, 3.05) is 12.0 Å². The summed E-state index contributed by atoms with van der Waals surface area (Å²) >= 11 is 0. The third kappa shape index (κ3) is 5.65. The highest BCUT2D eigenvalue weighted by Gasteiger charge is 2.33. The summed E-state index contributed by atoms with van der Waals surface area (Å²) in [5.41, 5.74) is 5.24. The summed E-state index contributed by atoms with van der Waals surface area (Å²) < 4.78 is 24.3. The second-order valence-corrected chi connectivity index (χ2v) is 11.9. The third-order valence-corrected chi connectivity index (χ3v) is 7.73. The molecule has 1 fully saturated rings. The van der Waals surface area contributed by atoms with Gasteiger partial charge in [0.2, 0.25) is 5.91 Å². The van der Waals surface area contributed by atoms with Gasteiger partial charge < -0.3 is 5.32 Å². The summed E-state index contributed by atoms with van der Waals surface area (Å²) in [4.78, 5) is 18.5. The molecule has 0 bridgehead atoms. The fourth-order valence-corrected chi connectivity index (χ4v) is 5.44. The monoisotopic (exact) mass is 498 g/mol. The molecule has 1 amide bonds. The Morgan fingerprint density at radius 3 is 2.22 bits per heavy atom. The maximum Gasteiger partial charge on any atom is 0.224 e. The summed E-state index contributed by atoms with van der Waals surface area (Å²) in [5.74, 6) is 0.387. The fourth-order valence-electron chi connectivity index (χ4n) is 4.86. The summed E-state index contributed by atoms with van der Waals surface area (Å²) in [6.07, 6.45) is 3.92. The van der Waals surface area contributed by atoms with Crippen LogP contribution in [0.1, 0.15) is 35.6 Å². The molecule has 184 valence electrons. The van der Waals surface area contributed by atoms with Crippen LogP contribution in [0, 0.1) is 5.92 Å². The van der Waals surface area contributed by atoms with E-state index in [2.05, 4.69) is 17.4 Å². The summed E-state index contributed by atoms with van der Waals surface area (Å²) in [6.45, 7) is 0. The molecule has 1 aliphatic carbocycles. The number of pyridine rings is 1. The second-order valence-electron chi connectivity index (χ2n) is 9.65. The first kappa shape index (κ1) is 24.2. The van der Waals surface area contributed by atoms with Crippen molar-refractivity contribution in [3.8, 4) is 11.3 Å². The van der Waals surface area contributed by atoms with Gasteiger partial charge in [-0.1, -0.05) is 78.9 Å². The molecule has 4 aromatic rings. The van der Waals surface area contributed by atoms with Gasteiger partial charge in [-0.3, -0.25) is 4.79 Å². The number of amides is 1. The lowest BCUT2D eigenvalue weighted by atomic mass is 9.92. The number of nitrogens with one attached hydrogen (secondary N) is 1. The third-order valence-electron chi connectivity index (χ3n) is 6.79. The van der Waals surface area contributed by atoms with Gasteiger partial charge in [0.25, 0.3) is 0 Å². The summed E-state index contributed by atoms with van der Waals surface area (Å²) in [7, 11) is -3.21. The summed E-state index contributed by atoms with van der Waals surface area (Å²) in [6, 6.07) is 27.7. The van der Waals surface area contributed by atoms with Crippen LogP contribution in [-0.4, -0.2) is 31.3 Å². The molecule has 1 N–H and O–H groups in total. The molecular formula is C30H30N2O3S. The van der Waals surface area contributed by atoms with Gasteiger partial charge in [-0.05, 0) is 47.9 Å². The van der Waals surface area contributed by atoms with Gasteiger partial charge in [0.1, 0.15) is 9.84 Å². The number of para-hydroxylation sites is 1. The second kappa shape index (κ2) is 10.2. The highest BCUT2D eigenvalue weighted by molar-refractivity contribution is 7.90. The number of benzene rings is 3. The van der Waals surface area contributed by atoms with Crippen molar-refractivity contribution in [2.45, 2.75) is 31.7 Å². The molecule has 6 heteroatoms. The number of fused-ring (bicyclic) bond motifs is 1. The fraction of sp³-hybridized carbons (Fsp3) is 0.267. The van der Waals surface area contributed by atoms with Crippen LogP contribution in [0.25, 0.3) is 22.2 Å². The molecule has 1 saturated carbocycles. The van der Waals surface area contributed by atoms with Crippen molar-refractivity contribution < 1.29 is 13.2 Å². The molecular weight excluding hydrogens is 468 g/mol. The number of nitrogens with zero attached hydrogens (tertiary/aromatic N) is 1. The van der Waals surface area contributed by atoms with Crippen LogP contribution in [0.2, 0.25) is 0 Å². The standard InChI is InChI=1S/C30H30N2O3S/c1-36(34,35)19-18-25-26(20-28(33)32-29(23-16-17-23)21-10-4-2-5-11-21)24-14-8-9-15-27(24)31-30(25)22-12-6-3-7-13-22/h2-15,23,29H,16-20H2,1H3,(H,32,33). The topological polar surface area (TPSA) is 76.1 Å². The van der Waals surface area contributed by atoms with Gasteiger partial charge in [-0.25, -0.2) is 13.4 Å². The van der Waals surface area contributed by atoms with Crippen LogP contribution in [0.3, 0.4) is 0 Å². The van der Waals surface area contributed by atoms with E-state index in [1.807, 2.05) is 72.8 Å². The Morgan fingerprint density at radius 1 is 0.917 bits per heavy atom. The average Bonchev–Trinajstić information content (AvgIpc) is 3.72. The zero-order chi connectivity index (χ0) is 25.1. The van der Waals surface area contributed by atoms with Crippen molar-refractivity contribution >= 4 is 26.6 Å². The van der Waals surface area contributed by atoms with Crippen molar-refractivity contribution in [3.63, 3.8) is 0 Å². The number of carbonyl (C=O) groups excluding carboxylic acids is 1. The Hall–Kier alpha value is -3.51. The SMILES string of the molecule is CS(=O)(=O)CCc1c(-c2ccccc2)nc2ccccc2c1CC(=O)NC(c1ccccc1)C1CC1. The van der Waals surface area contributed by atoms with Gasteiger partial charge in [0.05, 0.1) is 29.4 Å². The largest absolute Gasteiger partial charge is 0.349 e. The number of rotatable bonds is 9. The maximum absolute atomic E-state index is 13.5. The Bertz CT molecular complexity index is 1480. The molecule has 1 unspecified atom stereocenters. The predicted octanol–water partition coefficient (Wildman–Crippen LogP) is 5.30. The van der Waals surface area contributed by atoms with E-state index in [4.69, 9.17) is 4.98 Å². The molecule has 1 aliphatic rings. The van der Waals surface area contributed by atoms with Gasteiger partial charge in [0, 0.05) is 17.2 Å². The first-order chi connectivity index (χ1) is 17.4. The maximum atomic E-state index is 13.5. The van der Waals surface area contributed by atoms with E-state index in [0.717, 1.165) is 51.7 Å². The van der Waals surface area contributed by atoms with E-state index in [1.165, 1.54) is 6.26 Å². The Balaban J connectivity index is 1.57. The van der Waals surface area contributed by atoms with Crippen molar-refractivity contribution in [1.29, 1.82) is 0 Å². The number of sulfone groups is 1. The van der Waals surface area contributed by atoms with E-state index in [9.17, 15) is 13.2 Å². The number of hydrogen-bond donors (Lipinski definition) is 1. The number of hydrogen-bond acceptors (Lipinski definition) is 4. The van der Waals surface area contributed by atoms with Crippen molar-refractivity contribution in [3.05, 3.63) is 102 Å². The van der Waals surface area contributed by atoms with E-state index in [-0.39, 0.29) is 24.1 Å². The van der Waals surface area contributed by atoms with E-state index < -0.39 is 9.84 Å². The zero-order valence-electron chi connectivity index (χ0n) is 20.4. The Labute approximate surface area is 212 Å². The highest BCUT2D eigenvalue weighted by Crippen LogP contribution is 2.41. The minimum atomic E-state index is -3.21. The van der Waals surface area contributed by atoms with Crippen molar-refractivity contribution in [1.82, 2.24) is 10.3 Å². The van der Waals surface area contributed by atoms with Crippen molar-refractivity contribution in [2.24, 2.45) is 5.92 Å². The lowest BCUT2D eigenvalue weighted by molar-refractivity contribution is -0.121. The molecule has 0 saturated heterocycles. The molecule has 1 aromatic heterocycles. The smallest absolute Gasteiger partial charge is 0.224 e. The van der Waals surface area contributed by atoms with Gasteiger partial charge in [0.15, 0.2) is 0 Å². The zero-order valence-corrected chi connectivity index (χ0v) is 21.2. The molecule has 3 aromatic carbocycles. The molecule has 5 rings (SSSR count). The molecule has 0 aliphatic heterocycles. The minimum Gasteiger partial charge on any atom is -0.349 e. The van der Waals surface area contributed by atoms with Gasteiger partial charge >= 0.3 is 0 Å². The quantitative estimate of drug-likeness (QED) is 0.340. The minimum absolute atomic E-state index is 0.00378. The highest BCUT2D eigenvalue weighted by atomic mass is 32.2. The van der Waals surface area contributed by atoms with Gasteiger partial charge in [-0.15, -0.1) is 0 Å². The Kier molecular flexibility index (Phi) is 6.88. The molecule has 0 radical (unpaired) electrons. The molecule has 5 nitrogen and oxygen atoms in total. The number of carbonyl (C=O) groups is 1. The lowest BCUT2D eigenvalue weighted by Crippen LogP contribution is -2.31. The van der Waals surface area contributed by atoms with E-state index in [0.29, 0.717) is 12.3 Å². The average molecular weight is 499 g/mol. The molecule has 1 heterocycles. The van der Waals surface area contributed by atoms with Crippen LogP contribution in [0.15, 0.2) is 84.9 Å².